The molecule has 0 radical (unpaired) electrons. The molecule has 1 saturated carbocycles. The second kappa shape index (κ2) is 15.3. The van der Waals surface area contributed by atoms with E-state index in [4.69, 9.17) is 9.84 Å². The number of methoxy groups -OCH3 is 1. The lowest BCUT2D eigenvalue weighted by Crippen LogP contribution is -2.44. The molecule has 2 N–H and O–H groups in total. The number of anilines is 2. The maximum atomic E-state index is 13.5. The minimum absolute atomic E-state index is 0.194. The normalized spacial score (nSPS) is 21.1. The van der Waals surface area contributed by atoms with E-state index in [0.29, 0.717) is 34.8 Å². The number of amides is 3. The molecule has 2 aliphatic heterocycles. The Hall–Kier alpha value is -5.71. The van der Waals surface area contributed by atoms with Crippen molar-refractivity contribution >= 4 is 51.0 Å². The number of hydrogen-bond acceptors (Lipinski definition) is 9. The van der Waals surface area contributed by atoms with E-state index in [1.807, 2.05) is 29.1 Å². The zero-order chi connectivity index (χ0) is 40.0. The number of ether oxygens (including phenoxy) is 1. The summed E-state index contributed by atoms with van der Waals surface area (Å²) in [5.74, 6) is -0.675. The van der Waals surface area contributed by atoms with Crippen molar-refractivity contribution in [2.45, 2.75) is 63.2 Å². The topological polar surface area (TPSA) is 149 Å². The van der Waals surface area contributed by atoms with Crippen molar-refractivity contribution in [3.63, 3.8) is 0 Å². The van der Waals surface area contributed by atoms with Crippen molar-refractivity contribution in [3.8, 4) is 5.75 Å². The first-order chi connectivity index (χ1) is 27.4. The molecule has 57 heavy (non-hydrogen) atoms. The van der Waals surface area contributed by atoms with E-state index < -0.39 is 29.7 Å². The molecule has 0 bridgehead atoms. The number of carbonyl (C=O) groups excluding carboxylic acids is 3. The number of rotatable bonds is 8. The standard InChI is InChI=1S/C40H44F3N9O5/c1-48-36-30(7-4-8-31(36)52(39(48)56)32-14-15-35(53)46-38(32)55)50-17-5-16-49(18-19-50)22-24-10-12-26(13-11-24)51-23-25-20-29(33(57-2)21-28(25)47-51)45-37(54)27-6-3-9-34(44-27)40(41,42)43/h3-4,6-9,20-21,23-24,26,32H,5,10-19,22H2,1-2H3,(H,45,54)(H,46,53,55). The van der Waals surface area contributed by atoms with Gasteiger partial charge in [0.1, 0.15) is 23.2 Å². The fourth-order valence-corrected chi connectivity index (χ4v) is 8.68. The van der Waals surface area contributed by atoms with Crippen LogP contribution in [0.4, 0.5) is 24.5 Å². The third-order valence-corrected chi connectivity index (χ3v) is 11.6. The Kier molecular flexibility index (Phi) is 10.3. The molecule has 1 unspecified atom stereocenters. The van der Waals surface area contributed by atoms with Crippen LogP contribution in [0.25, 0.3) is 21.9 Å². The number of nitrogens with one attached hydrogen (secondary N) is 2. The van der Waals surface area contributed by atoms with Crippen molar-refractivity contribution < 1.29 is 32.3 Å². The molecule has 3 aromatic heterocycles. The maximum absolute atomic E-state index is 13.5. The number of piperidine rings is 1. The zero-order valence-corrected chi connectivity index (χ0v) is 31.7. The summed E-state index contributed by atoms with van der Waals surface area (Å²) in [6.07, 6.45) is 2.73. The monoisotopic (exact) mass is 787 g/mol. The van der Waals surface area contributed by atoms with Gasteiger partial charge in [0.25, 0.3) is 5.91 Å². The fourth-order valence-electron chi connectivity index (χ4n) is 8.68. The molecule has 5 heterocycles. The summed E-state index contributed by atoms with van der Waals surface area (Å²) >= 11 is 0. The van der Waals surface area contributed by atoms with Crippen LogP contribution in [-0.2, 0) is 22.8 Å². The fraction of sp³-hybridized carbons (Fsp3) is 0.450. The van der Waals surface area contributed by atoms with Gasteiger partial charge in [-0.3, -0.25) is 33.5 Å². The van der Waals surface area contributed by atoms with Gasteiger partial charge < -0.3 is 19.9 Å². The minimum atomic E-state index is -4.67. The summed E-state index contributed by atoms with van der Waals surface area (Å²) in [5.41, 5.74) is 1.65. The number of pyridine rings is 1. The van der Waals surface area contributed by atoms with Crippen LogP contribution < -0.4 is 26.0 Å². The molecule has 1 atom stereocenters. The molecule has 3 fully saturated rings. The first kappa shape index (κ1) is 38.2. The molecule has 8 rings (SSSR count). The first-order valence-electron chi connectivity index (χ1n) is 19.3. The Morgan fingerprint density at radius 1 is 0.982 bits per heavy atom. The van der Waals surface area contributed by atoms with Crippen LogP contribution in [-0.4, -0.2) is 86.4 Å². The zero-order valence-electron chi connectivity index (χ0n) is 31.7. The maximum Gasteiger partial charge on any atom is 0.433 e. The van der Waals surface area contributed by atoms with Gasteiger partial charge in [-0.2, -0.15) is 18.3 Å². The lowest BCUT2D eigenvalue weighted by molar-refractivity contribution is -0.141. The van der Waals surface area contributed by atoms with Crippen LogP contribution in [0.1, 0.15) is 73.2 Å². The number of aromatic nitrogens is 5. The van der Waals surface area contributed by atoms with Crippen LogP contribution in [0, 0.1) is 5.92 Å². The molecular formula is C40H44F3N9O5. The second-order valence-electron chi connectivity index (χ2n) is 15.2. The highest BCUT2D eigenvalue weighted by Crippen LogP contribution is 2.36. The molecule has 1 aliphatic carbocycles. The molecule has 5 aromatic rings. The second-order valence-corrected chi connectivity index (χ2v) is 15.2. The molecule has 0 spiro atoms. The molecule has 300 valence electrons. The summed E-state index contributed by atoms with van der Waals surface area (Å²) in [6.45, 7) is 4.49. The molecular weight excluding hydrogens is 743 g/mol. The number of alkyl halides is 3. The summed E-state index contributed by atoms with van der Waals surface area (Å²) in [5, 5.41) is 10.6. The molecule has 3 amide bonds. The Labute approximate surface area is 325 Å². The Morgan fingerprint density at radius 2 is 1.77 bits per heavy atom. The number of benzene rings is 2. The van der Waals surface area contributed by atoms with Crippen molar-refractivity contribution in [2.24, 2.45) is 13.0 Å². The lowest BCUT2D eigenvalue weighted by Gasteiger charge is -2.32. The van der Waals surface area contributed by atoms with Crippen LogP contribution in [0.5, 0.6) is 5.75 Å². The minimum Gasteiger partial charge on any atom is -0.494 e. The number of para-hydroxylation sites is 1. The van der Waals surface area contributed by atoms with E-state index in [1.165, 1.54) is 17.7 Å². The predicted molar refractivity (Wildman–Crippen MR) is 206 cm³/mol. The van der Waals surface area contributed by atoms with Gasteiger partial charge in [-0.1, -0.05) is 12.1 Å². The van der Waals surface area contributed by atoms with Crippen LogP contribution >= 0.6 is 0 Å². The number of fused-ring (bicyclic) bond motifs is 2. The van der Waals surface area contributed by atoms with E-state index in [9.17, 15) is 32.3 Å². The highest BCUT2D eigenvalue weighted by Gasteiger charge is 2.34. The number of imide groups is 1. The van der Waals surface area contributed by atoms with Crippen molar-refractivity contribution in [1.29, 1.82) is 0 Å². The van der Waals surface area contributed by atoms with Gasteiger partial charge in [0.05, 0.1) is 41.1 Å². The molecule has 2 aromatic carbocycles. The highest BCUT2D eigenvalue weighted by molar-refractivity contribution is 6.05. The summed E-state index contributed by atoms with van der Waals surface area (Å²) in [6, 6.07) is 11.9. The molecule has 17 heteroatoms. The molecule has 2 saturated heterocycles. The van der Waals surface area contributed by atoms with Gasteiger partial charge >= 0.3 is 11.9 Å². The lowest BCUT2D eigenvalue weighted by atomic mass is 9.85. The SMILES string of the molecule is COc1cc2nn(C3CCC(CN4CCCN(c5cccc6c5n(C)c(=O)n6C5CCC(=O)NC5=O)CC4)CC3)cc2cc1NC(=O)c1cccc(C(F)(F)F)n1. The van der Waals surface area contributed by atoms with Crippen LogP contribution in [0.15, 0.2) is 59.5 Å². The van der Waals surface area contributed by atoms with Gasteiger partial charge in [0, 0.05) is 57.3 Å². The Morgan fingerprint density at radius 3 is 2.53 bits per heavy atom. The Bertz CT molecular complexity index is 2410. The van der Waals surface area contributed by atoms with Crippen LogP contribution in [0.3, 0.4) is 0 Å². The van der Waals surface area contributed by atoms with E-state index in [0.717, 1.165) is 93.6 Å². The van der Waals surface area contributed by atoms with E-state index in [2.05, 4.69) is 25.4 Å². The highest BCUT2D eigenvalue weighted by atomic mass is 19.4. The number of halogens is 3. The number of nitrogens with zero attached hydrogens (tertiary/aromatic N) is 7. The predicted octanol–water partition coefficient (Wildman–Crippen LogP) is 5.29. The first-order valence-corrected chi connectivity index (χ1v) is 19.3. The summed E-state index contributed by atoms with van der Waals surface area (Å²) in [4.78, 5) is 59.3. The average Bonchev–Trinajstić information content (AvgIpc) is 3.62. The van der Waals surface area contributed by atoms with Gasteiger partial charge in [0.15, 0.2) is 0 Å². The van der Waals surface area contributed by atoms with Gasteiger partial charge in [-0.05, 0) is 81.3 Å². The van der Waals surface area contributed by atoms with Crippen molar-refractivity contribution in [2.75, 3.05) is 50.1 Å². The quantitative estimate of drug-likeness (QED) is 0.200. The van der Waals surface area contributed by atoms with Crippen LogP contribution in [0.2, 0.25) is 0 Å². The van der Waals surface area contributed by atoms with Crippen molar-refractivity contribution in [1.82, 2.24) is 34.1 Å². The van der Waals surface area contributed by atoms with E-state index in [-0.39, 0.29) is 29.8 Å². The van der Waals surface area contributed by atoms with Gasteiger partial charge in [-0.25, -0.2) is 9.78 Å². The van der Waals surface area contributed by atoms with Gasteiger partial charge in [-0.15, -0.1) is 0 Å². The number of hydrogen-bond donors (Lipinski definition) is 2. The Balaban J connectivity index is 0.890. The van der Waals surface area contributed by atoms with E-state index >= 15 is 0 Å². The molecule has 14 nitrogen and oxygen atoms in total. The van der Waals surface area contributed by atoms with E-state index in [1.54, 1.807) is 23.7 Å². The number of aryl methyl sites for hydroxylation is 1. The van der Waals surface area contributed by atoms with Crippen molar-refractivity contribution in [3.05, 3.63) is 76.6 Å². The van der Waals surface area contributed by atoms with Gasteiger partial charge in [0.2, 0.25) is 11.8 Å². The third kappa shape index (κ3) is 7.59. The largest absolute Gasteiger partial charge is 0.494 e. The smallest absolute Gasteiger partial charge is 0.433 e. The average molecular weight is 788 g/mol. The number of imidazole rings is 1. The summed E-state index contributed by atoms with van der Waals surface area (Å²) in [7, 11) is 3.19. The third-order valence-electron chi connectivity index (χ3n) is 11.6. The number of carbonyl (C=O) groups is 3. The summed E-state index contributed by atoms with van der Waals surface area (Å²) < 4.78 is 50.2. The molecule has 3 aliphatic rings.